The first-order valence-corrected chi connectivity index (χ1v) is 10.7. The van der Waals surface area contributed by atoms with E-state index in [4.69, 9.17) is 4.42 Å². The third-order valence-corrected chi connectivity index (χ3v) is 5.85. The van der Waals surface area contributed by atoms with E-state index in [2.05, 4.69) is 42.1 Å². The molecule has 0 amide bonds. The molecule has 32 heavy (non-hydrogen) atoms. The molecule has 9 heteroatoms. The number of nitrogens with one attached hydrogen (secondary N) is 2. The van der Waals surface area contributed by atoms with Crippen LogP contribution < -0.4 is 16.2 Å². The first-order valence-electron chi connectivity index (χ1n) is 10.7. The molecule has 0 radical (unpaired) electrons. The summed E-state index contributed by atoms with van der Waals surface area (Å²) in [6.45, 7) is 6.58. The Kier molecular flexibility index (Phi) is 5.32. The van der Waals surface area contributed by atoms with Crippen molar-refractivity contribution in [2.45, 2.75) is 19.9 Å². The van der Waals surface area contributed by atoms with Crippen LogP contribution in [0.25, 0.3) is 22.2 Å². The zero-order chi connectivity index (χ0) is 22.1. The predicted molar refractivity (Wildman–Crippen MR) is 122 cm³/mol. The topological polar surface area (TPSA) is 111 Å². The van der Waals surface area contributed by atoms with E-state index in [0.717, 1.165) is 67.3 Å². The van der Waals surface area contributed by atoms with Crippen LogP contribution in [0.5, 0.6) is 0 Å². The lowest BCUT2D eigenvalue weighted by Crippen LogP contribution is -2.31. The summed E-state index contributed by atoms with van der Waals surface area (Å²) < 4.78 is 5.08. The SMILES string of the molecule is Cc1ccc(N2CCCN(Cc3cn[nH]c3-c3ccc4oc(=O)[nH]c(=O)c4c3)CC2)nc1. The van der Waals surface area contributed by atoms with Gasteiger partial charge in [0.05, 0.1) is 17.3 Å². The van der Waals surface area contributed by atoms with Crippen molar-refractivity contribution in [1.82, 2.24) is 25.1 Å². The fraction of sp³-hybridized carbons (Fsp3) is 0.304. The highest BCUT2D eigenvalue weighted by molar-refractivity contribution is 5.82. The maximum absolute atomic E-state index is 12.2. The molecule has 1 aromatic carbocycles. The zero-order valence-corrected chi connectivity index (χ0v) is 17.8. The van der Waals surface area contributed by atoms with Crippen LogP contribution in [0.2, 0.25) is 0 Å². The van der Waals surface area contributed by atoms with Crippen LogP contribution in [0.1, 0.15) is 17.5 Å². The molecule has 4 aromatic rings. The molecule has 0 unspecified atom stereocenters. The average Bonchev–Trinajstić information content (AvgIpc) is 3.11. The Morgan fingerprint density at radius 2 is 1.97 bits per heavy atom. The fourth-order valence-corrected chi connectivity index (χ4v) is 4.16. The molecule has 4 heterocycles. The second kappa shape index (κ2) is 8.43. The minimum atomic E-state index is -0.756. The number of pyridine rings is 1. The minimum absolute atomic E-state index is 0.265. The molecule has 0 saturated carbocycles. The predicted octanol–water partition coefficient (Wildman–Crippen LogP) is 2.29. The second-order valence-electron chi connectivity index (χ2n) is 8.14. The summed E-state index contributed by atoms with van der Waals surface area (Å²) in [4.78, 5) is 35.1. The van der Waals surface area contributed by atoms with Gasteiger partial charge in [0.25, 0.3) is 5.56 Å². The van der Waals surface area contributed by atoms with E-state index in [1.54, 1.807) is 12.1 Å². The van der Waals surface area contributed by atoms with Crippen LogP contribution in [-0.4, -0.2) is 51.2 Å². The van der Waals surface area contributed by atoms with Gasteiger partial charge in [0.15, 0.2) is 0 Å². The number of H-pyrrole nitrogens is 2. The van der Waals surface area contributed by atoms with Crippen molar-refractivity contribution in [2.75, 3.05) is 31.1 Å². The molecular weight excluding hydrogens is 408 g/mol. The van der Waals surface area contributed by atoms with Crippen LogP contribution >= 0.6 is 0 Å². The van der Waals surface area contributed by atoms with Gasteiger partial charge in [-0.25, -0.2) is 9.78 Å². The van der Waals surface area contributed by atoms with Gasteiger partial charge >= 0.3 is 5.76 Å². The van der Waals surface area contributed by atoms with E-state index in [1.807, 2.05) is 25.4 Å². The highest BCUT2D eigenvalue weighted by atomic mass is 16.4. The van der Waals surface area contributed by atoms with Gasteiger partial charge in [-0.15, -0.1) is 0 Å². The quantitative estimate of drug-likeness (QED) is 0.509. The number of anilines is 1. The lowest BCUT2D eigenvalue weighted by molar-refractivity contribution is 0.286. The van der Waals surface area contributed by atoms with Crippen molar-refractivity contribution < 1.29 is 4.42 Å². The van der Waals surface area contributed by atoms with Gasteiger partial charge in [0.2, 0.25) is 0 Å². The molecule has 1 fully saturated rings. The van der Waals surface area contributed by atoms with Gasteiger partial charge in [0, 0.05) is 50.0 Å². The Morgan fingerprint density at radius 1 is 1.06 bits per heavy atom. The van der Waals surface area contributed by atoms with Crippen molar-refractivity contribution in [1.29, 1.82) is 0 Å². The first-order chi connectivity index (χ1) is 15.6. The molecule has 2 N–H and O–H groups in total. The normalized spacial score (nSPS) is 15.2. The van der Waals surface area contributed by atoms with E-state index in [0.29, 0.717) is 5.39 Å². The standard InChI is InChI=1S/C23H24N6O3/c1-15-3-6-20(24-12-15)29-8-2-7-28(9-10-29)14-17-13-25-27-21(17)16-4-5-19-18(11-16)22(30)26-23(31)32-19/h3-6,11-13H,2,7-10,14H2,1H3,(H,25,27)(H,26,30,31). The van der Waals surface area contributed by atoms with Crippen LogP contribution in [0, 0.1) is 6.92 Å². The average molecular weight is 432 g/mol. The molecule has 1 aliphatic rings. The van der Waals surface area contributed by atoms with Crippen molar-refractivity contribution in [3.8, 4) is 11.3 Å². The number of fused-ring (bicyclic) bond motifs is 1. The number of nitrogens with zero attached hydrogens (tertiary/aromatic N) is 4. The number of hydrogen-bond donors (Lipinski definition) is 2. The summed E-state index contributed by atoms with van der Waals surface area (Å²) in [6.07, 6.45) is 4.79. The molecule has 0 spiro atoms. The third kappa shape index (κ3) is 4.06. The molecule has 0 bridgehead atoms. The van der Waals surface area contributed by atoms with Crippen LogP contribution in [0.4, 0.5) is 5.82 Å². The molecule has 0 aliphatic carbocycles. The highest BCUT2D eigenvalue weighted by Gasteiger charge is 2.18. The van der Waals surface area contributed by atoms with Gasteiger partial charge in [-0.3, -0.25) is 19.8 Å². The lowest BCUT2D eigenvalue weighted by atomic mass is 10.1. The monoisotopic (exact) mass is 432 g/mol. The Labute approximate surface area is 183 Å². The van der Waals surface area contributed by atoms with E-state index in [1.165, 1.54) is 0 Å². The zero-order valence-electron chi connectivity index (χ0n) is 17.8. The van der Waals surface area contributed by atoms with Gasteiger partial charge in [-0.1, -0.05) is 6.07 Å². The molecule has 9 nitrogen and oxygen atoms in total. The van der Waals surface area contributed by atoms with E-state index < -0.39 is 11.3 Å². The number of benzene rings is 1. The molecule has 1 saturated heterocycles. The maximum atomic E-state index is 12.2. The number of rotatable bonds is 4. The Balaban J connectivity index is 1.34. The highest BCUT2D eigenvalue weighted by Crippen LogP contribution is 2.25. The number of hydrogen-bond acceptors (Lipinski definition) is 7. The molecule has 0 atom stereocenters. The number of aryl methyl sites for hydroxylation is 1. The maximum Gasteiger partial charge on any atom is 0.419 e. The van der Waals surface area contributed by atoms with Crippen molar-refractivity contribution >= 4 is 16.8 Å². The minimum Gasteiger partial charge on any atom is -0.409 e. The van der Waals surface area contributed by atoms with Crippen LogP contribution in [-0.2, 0) is 6.54 Å². The van der Waals surface area contributed by atoms with Crippen molar-refractivity contribution in [3.63, 3.8) is 0 Å². The van der Waals surface area contributed by atoms with Gasteiger partial charge < -0.3 is 9.32 Å². The van der Waals surface area contributed by atoms with Crippen LogP contribution in [0.15, 0.2) is 56.7 Å². The summed E-state index contributed by atoms with van der Waals surface area (Å²) >= 11 is 0. The summed E-state index contributed by atoms with van der Waals surface area (Å²) in [5, 5.41) is 7.64. The molecule has 164 valence electrons. The van der Waals surface area contributed by atoms with E-state index in [-0.39, 0.29) is 5.58 Å². The lowest BCUT2D eigenvalue weighted by Gasteiger charge is -2.22. The van der Waals surface area contributed by atoms with E-state index in [9.17, 15) is 9.59 Å². The van der Waals surface area contributed by atoms with Crippen molar-refractivity contribution in [2.24, 2.45) is 0 Å². The summed E-state index contributed by atoms with van der Waals surface area (Å²) in [6, 6.07) is 9.38. The van der Waals surface area contributed by atoms with Gasteiger partial charge in [-0.05, 0) is 43.2 Å². The molecule has 1 aliphatic heterocycles. The largest absolute Gasteiger partial charge is 0.419 e. The second-order valence-corrected chi connectivity index (χ2v) is 8.14. The summed E-state index contributed by atoms with van der Waals surface area (Å²) in [7, 11) is 0. The summed E-state index contributed by atoms with van der Waals surface area (Å²) in [5.74, 6) is 0.267. The number of aromatic amines is 2. The van der Waals surface area contributed by atoms with Gasteiger partial charge in [-0.2, -0.15) is 5.10 Å². The third-order valence-electron chi connectivity index (χ3n) is 5.85. The molecule has 5 rings (SSSR count). The molecule has 3 aromatic heterocycles. The van der Waals surface area contributed by atoms with Crippen molar-refractivity contribution in [3.05, 3.63) is 74.8 Å². The smallest absolute Gasteiger partial charge is 0.409 e. The summed E-state index contributed by atoms with van der Waals surface area (Å²) in [5.41, 5.74) is 3.71. The number of aromatic nitrogens is 4. The fourth-order valence-electron chi connectivity index (χ4n) is 4.16. The van der Waals surface area contributed by atoms with Gasteiger partial charge in [0.1, 0.15) is 11.4 Å². The Morgan fingerprint density at radius 3 is 2.81 bits per heavy atom. The molecular formula is C23H24N6O3. The Hall–Kier alpha value is -3.72. The first kappa shape index (κ1) is 20.2. The van der Waals surface area contributed by atoms with E-state index >= 15 is 0 Å². The van der Waals surface area contributed by atoms with Crippen LogP contribution in [0.3, 0.4) is 0 Å². The Bertz CT molecular complexity index is 1350.